The Bertz CT molecular complexity index is 824. The van der Waals surface area contributed by atoms with Crippen molar-refractivity contribution in [2.24, 2.45) is 5.10 Å². The molecular formula is C19H18N2O2. The molecule has 0 aliphatic heterocycles. The summed E-state index contributed by atoms with van der Waals surface area (Å²) < 4.78 is 10.8. The number of fused-ring (bicyclic) bond motifs is 1. The van der Waals surface area contributed by atoms with Crippen molar-refractivity contribution in [3.63, 3.8) is 0 Å². The van der Waals surface area contributed by atoms with E-state index in [1.54, 1.807) is 20.4 Å². The Kier molecular flexibility index (Phi) is 4.43. The number of hydrazone groups is 1. The Balaban J connectivity index is 2.00. The first-order valence-corrected chi connectivity index (χ1v) is 7.30. The van der Waals surface area contributed by atoms with Crippen molar-refractivity contribution in [1.82, 2.24) is 0 Å². The molecule has 0 aromatic heterocycles. The Morgan fingerprint density at radius 3 is 2.43 bits per heavy atom. The van der Waals surface area contributed by atoms with Gasteiger partial charge in [0.1, 0.15) is 11.5 Å². The molecule has 3 rings (SSSR count). The SMILES string of the molecule is COc1ccc2ccc(OC)c(/C=N/Nc3ccccc3)c2c1. The van der Waals surface area contributed by atoms with Gasteiger partial charge in [0, 0.05) is 5.56 Å². The van der Waals surface area contributed by atoms with Gasteiger partial charge in [0.05, 0.1) is 26.1 Å². The van der Waals surface area contributed by atoms with Crippen LogP contribution in [0.25, 0.3) is 10.8 Å². The Morgan fingerprint density at radius 2 is 1.70 bits per heavy atom. The van der Waals surface area contributed by atoms with Crippen LogP contribution in [0, 0.1) is 0 Å². The largest absolute Gasteiger partial charge is 0.497 e. The average molecular weight is 306 g/mol. The molecule has 3 aromatic rings. The molecule has 0 atom stereocenters. The first kappa shape index (κ1) is 14.9. The summed E-state index contributed by atoms with van der Waals surface area (Å²) in [5.74, 6) is 1.57. The van der Waals surface area contributed by atoms with E-state index in [4.69, 9.17) is 9.47 Å². The Labute approximate surface area is 135 Å². The zero-order valence-electron chi connectivity index (χ0n) is 13.1. The lowest BCUT2D eigenvalue weighted by Crippen LogP contribution is -1.96. The maximum atomic E-state index is 5.47. The van der Waals surface area contributed by atoms with E-state index in [-0.39, 0.29) is 0 Å². The number of rotatable bonds is 5. The van der Waals surface area contributed by atoms with E-state index in [2.05, 4.69) is 10.5 Å². The zero-order valence-corrected chi connectivity index (χ0v) is 13.1. The van der Waals surface area contributed by atoms with Crippen LogP contribution in [-0.2, 0) is 0 Å². The summed E-state index contributed by atoms with van der Waals surface area (Å²) in [5, 5.41) is 6.46. The van der Waals surface area contributed by atoms with E-state index in [0.717, 1.165) is 33.5 Å². The molecule has 4 nitrogen and oxygen atoms in total. The van der Waals surface area contributed by atoms with Gasteiger partial charge in [-0.2, -0.15) is 5.10 Å². The molecule has 0 aliphatic rings. The number of nitrogens with zero attached hydrogens (tertiary/aromatic N) is 1. The lowest BCUT2D eigenvalue weighted by atomic mass is 10.0. The predicted molar refractivity (Wildman–Crippen MR) is 94.7 cm³/mol. The van der Waals surface area contributed by atoms with Crippen molar-refractivity contribution >= 4 is 22.7 Å². The summed E-state index contributed by atoms with van der Waals surface area (Å²) in [6, 6.07) is 19.7. The fourth-order valence-electron chi connectivity index (χ4n) is 2.42. The van der Waals surface area contributed by atoms with Gasteiger partial charge in [-0.3, -0.25) is 5.43 Å². The molecule has 0 amide bonds. The van der Waals surface area contributed by atoms with Crippen molar-refractivity contribution in [3.05, 3.63) is 66.2 Å². The molecule has 1 N–H and O–H groups in total. The third kappa shape index (κ3) is 3.26. The molecule has 0 aliphatic carbocycles. The van der Waals surface area contributed by atoms with E-state index in [9.17, 15) is 0 Å². The third-order valence-corrected chi connectivity index (χ3v) is 3.61. The molecule has 0 fully saturated rings. The molecule has 0 saturated heterocycles. The quantitative estimate of drug-likeness (QED) is 0.564. The van der Waals surface area contributed by atoms with E-state index in [1.807, 2.05) is 60.7 Å². The van der Waals surface area contributed by atoms with Crippen LogP contribution in [0.4, 0.5) is 5.69 Å². The van der Waals surface area contributed by atoms with Gasteiger partial charge in [0.15, 0.2) is 0 Å². The van der Waals surface area contributed by atoms with Crippen LogP contribution in [-0.4, -0.2) is 20.4 Å². The molecule has 0 bridgehead atoms. The number of para-hydroxylation sites is 1. The maximum absolute atomic E-state index is 5.47. The van der Waals surface area contributed by atoms with Crippen LogP contribution in [0.5, 0.6) is 11.5 Å². The Hall–Kier alpha value is -3.01. The monoisotopic (exact) mass is 306 g/mol. The van der Waals surface area contributed by atoms with Gasteiger partial charge in [0.25, 0.3) is 0 Å². The molecule has 23 heavy (non-hydrogen) atoms. The topological polar surface area (TPSA) is 42.9 Å². The van der Waals surface area contributed by atoms with E-state index in [0.29, 0.717) is 0 Å². The highest BCUT2D eigenvalue weighted by Gasteiger charge is 2.07. The second-order valence-corrected chi connectivity index (χ2v) is 5.00. The van der Waals surface area contributed by atoms with E-state index >= 15 is 0 Å². The summed E-state index contributed by atoms with van der Waals surface area (Å²) in [6.07, 6.45) is 1.77. The Morgan fingerprint density at radius 1 is 0.913 bits per heavy atom. The standard InChI is InChI=1S/C19H18N2O2/c1-22-16-10-8-14-9-11-19(23-2)18(17(14)12-16)13-20-21-15-6-4-3-5-7-15/h3-13,21H,1-2H3/b20-13+. The van der Waals surface area contributed by atoms with Gasteiger partial charge >= 0.3 is 0 Å². The first-order valence-electron chi connectivity index (χ1n) is 7.30. The third-order valence-electron chi connectivity index (χ3n) is 3.61. The van der Waals surface area contributed by atoms with Gasteiger partial charge < -0.3 is 9.47 Å². The second-order valence-electron chi connectivity index (χ2n) is 5.00. The zero-order chi connectivity index (χ0) is 16.1. The number of hydrogen-bond acceptors (Lipinski definition) is 4. The maximum Gasteiger partial charge on any atom is 0.128 e. The summed E-state index contributed by atoms with van der Waals surface area (Å²) in [4.78, 5) is 0. The van der Waals surface area contributed by atoms with Crippen molar-refractivity contribution in [2.45, 2.75) is 0 Å². The molecule has 0 spiro atoms. The minimum atomic E-state index is 0.768. The van der Waals surface area contributed by atoms with Crippen LogP contribution in [0.3, 0.4) is 0 Å². The predicted octanol–water partition coefficient (Wildman–Crippen LogP) is 4.30. The van der Waals surface area contributed by atoms with Gasteiger partial charge in [0.2, 0.25) is 0 Å². The summed E-state index contributed by atoms with van der Waals surface area (Å²) in [7, 11) is 3.31. The van der Waals surface area contributed by atoms with Crippen LogP contribution in [0.15, 0.2) is 65.8 Å². The van der Waals surface area contributed by atoms with E-state index in [1.165, 1.54) is 0 Å². The fraction of sp³-hybridized carbons (Fsp3) is 0.105. The van der Waals surface area contributed by atoms with Gasteiger partial charge in [-0.05, 0) is 41.1 Å². The lowest BCUT2D eigenvalue weighted by Gasteiger charge is -2.10. The van der Waals surface area contributed by atoms with Crippen molar-refractivity contribution in [3.8, 4) is 11.5 Å². The molecule has 0 saturated carbocycles. The average Bonchev–Trinajstić information content (AvgIpc) is 2.62. The molecule has 0 radical (unpaired) electrons. The van der Waals surface area contributed by atoms with Crippen molar-refractivity contribution in [1.29, 1.82) is 0 Å². The lowest BCUT2D eigenvalue weighted by molar-refractivity contribution is 0.413. The van der Waals surface area contributed by atoms with E-state index < -0.39 is 0 Å². The van der Waals surface area contributed by atoms with Crippen molar-refractivity contribution in [2.75, 3.05) is 19.6 Å². The molecule has 116 valence electrons. The summed E-state index contributed by atoms with van der Waals surface area (Å²) in [6.45, 7) is 0. The number of methoxy groups -OCH3 is 2. The second kappa shape index (κ2) is 6.83. The van der Waals surface area contributed by atoms with Crippen molar-refractivity contribution < 1.29 is 9.47 Å². The van der Waals surface area contributed by atoms with Crippen LogP contribution in [0.1, 0.15) is 5.56 Å². The van der Waals surface area contributed by atoms with Gasteiger partial charge in [-0.25, -0.2) is 0 Å². The smallest absolute Gasteiger partial charge is 0.128 e. The molecule has 0 unspecified atom stereocenters. The van der Waals surface area contributed by atoms with Gasteiger partial charge in [-0.15, -0.1) is 0 Å². The molecule has 0 heterocycles. The highest BCUT2D eigenvalue weighted by molar-refractivity contribution is 6.03. The highest BCUT2D eigenvalue weighted by Crippen LogP contribution is 2.29. The number of ether oxygens (including phenoxy) is 2. The molecule has 3 aromatic carbocycles. The number of hydrogen-bond donors (Lipinski definition) is 1. The van der Waals surface area contributed by atoms with Gasteiger partial charge in [-0.1, -0.05) is 30.3 Å². The highest BCUT2D eigenvalue weighted by atomic mass is 16.5. The normalized spacial score (nSPS) is 10.9. The first-order chi connectivity index (χ1) is 11.3. The summed E-state index contributed by atoms with van der Waals surface area (Å²) >= 11 is 0. The minimum Gasteiger partial charge on any atom is -0.497 e. The van der Waals surface area contributed by atoms with Crippen LogP contribution < -0.4 is 14.9 Å². The number of nitrogens with one attached hydrogen (secondary N) is 1. The molecular weight excluding hydrogens is 288 g/mol. The number of anilines is 1. The molecule has 4 heteroatoms. The fourth-order valence-corrected chi connectivity index (χ4v) is 2.42. The van der Waals surface area contributed by atoms with Crippen LogP contribution >= 0.6 is 0 Å². The number of benzene rings is 3. The van der Waals surface area contributed by atoms with Crippen LogP contribution in [0.2, 0.25) is 0 Å². The summed E-state index contributed by atoms with van der Waals surface area (Å²) in [5.41, 5.74) is 4.86. The minimum absolute atomic E-state index is 0.768.